The summed E-state index contributed by atoms with van der Waals surface area (Å²) in [6.45, 7) is 0. The summed E-state index contributed by atoms with van der Waals surface area (Å²) in [5, 5.41) is 11.0. The first-order chi connectivity index (χ1) is 11.6. The topological polar surface area (TPSA) is 55.6 Å². The minimum absolute atomic E-state index is 0.0749. The lowest BCUT2D eigenvalue weighted by atomic mass is 10.0. The molecule has 5 nitrogen and oxygen atoms in total. The molecule has 2 heterocycles. The summed E-state index contributed by atoms with van der Waals surface area (Å²) < 4.78 is 6.25. The summed E-state index contributed by atoms with van der Waals surface area (Å²) in [5.41, 5.74) is 0.730. The van der Waals surface area contributed by atoms with Gasteiger partial charge in [0, 0.05) is 30.1 Å². The summed E-state index contributed by atoms with van der Waals surface area (Å²) in [6, 6.07) is 5.99. The van der Waals surface area contributed by atoms with Crippen molar-refractivity contribution in [2.75, 3.05) is 7.05 Å². The highest BCUT2D eigenvalue weighted by Crippen LogP contribution is 2.37. The Morgan fingerprint density at radius 3 is 2.54 bits per heavy atom. The third kappa shape index (κ3) is 3.11. The van der Waals surface area contributed by atoms with E-state index in [0.717, 1.165) is 25.7 Å². The van der Waals surface area contributed by atoms with Gasteiger partial charge in [0.25, 0.3) is 5.69 Å². The van der Waals surface area contributed by atoms with Crippen molar-refractivity contribution in [3.05, 3.63) is 33.9 Å². The molecule has 2 bridgehead atoms. The molecule has 0 radical (unpaired) electrons. The third-order valence-corrected chi connectivity index (χ3v) is 5.51. The molecule has 0 aromatic heterocycles. The molecule has 3 aliphatic rings. The van der Waals surface area contributed by atoms with Gasteiger partial charge in [-0.2, -0.15) is 0 Å². The van der Waals surface area contributed by atoms with Crippen molar-refractivity contribution in [3.8, 4) is 17.6 Å². The van der Waals surface area contributed by atoms with Crippen LogP contribution in [0.5, 0.6) is 5.75 Å². The Kier molecular flexibility index (Phi) is 3.93. The van der Waals surface area contributed by atoms with Gasteiger partial charge < -0.3 is 9.64 Å². The second kappa shape index (κ2) is 6.10. The SMILES string of the molecule is CN1[C@@H]2CC[C@H]1CC(Oc1ccc([N+](=O)[O-])cc1C#CC1CC1)C2. The molecule has 2 saturated heterocycles. The lowest BCUT2D eigenvalue weighted by Crippen LogP contribution is -2.43. The van der Waals surface area contributed by atoms with Crippen molar-refractivity contribution in [2.24, 2.45) is 5.92 Å². The van der Waals surface area contributed by atoms with Crippen LogP contribution in [0.1, 0.15) is 44.1 Å². The van der Waals surface area contributed by atoms with Crippen LogP contribution in [0.2, 0.25) is 0 Å². The highest BCUT2D eigenvalue weighted by atomic mass is 16.6. The molecule has 0 N–H and O–H groups in total. The fraction of sp³-hybridized carbons (Fsp3) is 0.579. The molecule has 4 rings (SSSR count). The van der Waals surface area contributed by atoms with Crippen LogP contribution in [0.4, 0.5) is 5.69 Å². The average Bonchev–Trinajstić information content (AvgIpc) is 3.35. The fourth-order valence-corrected chi connectivity index (χ4v) is 3.88. The predicted molar refractivity (Wildman–Crippen MR) is 90.9 cm³/mol. The van der Waals surface area contributed by atoms with Gasteiger partial charge in [-0.3, -0.25) is 10.1 Å². The summed E-state index contributed by atoms with van der Waals surface area (Å²) in [5.74, 6) is 7.46. The highest BCUT2D eigenvalue weighted by molar-refractivity contribution is 5.52. The van der Waals surface area contributed by atoms with Gasteiger partial charge in [-0.25, -0.2) is 0 Å². The van der Waals surface area contributed by atoms with Gasteiger partial charge in [0.1, 0.15) is 11.9 Å². The molecule has 1 aromatic rings. The quantitative estimate of drug-likeness (QED) is 0.485. The monoisotopic (exact) mass is 326 g/mol. The number of non-ortho nitro benzene ring substituents is 1. The molecule has 2 aliphatic heterocycles. The minimum atomic E-state index is -0.373. The van der Waals surface area contributed by atoms with Crippen molar-refractivity contribution in [1.82, 2.24) is 4.90 Å². The zero-order valence-electron chi connectivity index (χ0n) is 13.9. The van der Waals surface area contributed by atoms with E-state index in [9.17, 15) is 10.1 Å². The maximum atomic E-state index is 11.0. The van der Waals surface area contributed by atoms with Gasteiger partial charge in [-0.05, 0) is 51.6 Å². The van der Waals surface area contributed by atoms with E-state index in [-0.39, 0.29) is 16.7 Å². The van der Waals surface area contributed by atoms with Crippen LogP contribution in [-0.2, 0) is 0 Å². The van der Waals surface area contributed by atoms with Crippen molar-refractivity contribution < 1.29 is 9.66 Å². The maximum absolute atomic E-state index is 11.0. The Morgan fingerprint density at radius 1 is 1.21 bits per heavy atom. The first-order valence-corrected chi connectivity index (χ1v) is 8.78. The molecule has 0 spiro atoms. The molecule has 1 aromatic carbocycles. The summed E-state index contributed by atoms with van der Waals surface area (Å²) >= 11 is 0. The number of ether oxygens (including phenoxy) is 1. The number of benzene rings is 1. The first kappa shape index (κ1) is 15.5. The minimum Gasteiger partial charge on any atom is -0.489 e. The number of piperidine rings is 1. The molecule has 5 heteroatoms. The molecule has 1 saturated carbocycles. The van der Waals surface area contributed by atoms with Crippen LogP contribution in [0, 0.1) is 27.9 Å². The average molecular weight is 326 g/mol. The highest BCUT2D eigenvalue weighted by Gasteiger charge is 2.39. The zero-order valence-corrected chi connectivity index (χ0v) is 13.9. The second-order valence-electron chi connectivity index (χ2n) is 7.24. The second-order valence-corrected chi connectivity index (χ2v) is 7.24. The molecular weight excluding hydrogens is 304 g/mol. The van der Waals surface area contributed by atoms with Gasteiger partial charge in [0.15, 0.2) is 0 Å². The lowest BCUT2D eigenvalue weighted by molar-refractivity contribution is -0.384. The molecular formula is C19H22N2O3. The normalized spacial score (nSPS) is 29.0. The van der Waals surface area contributed by atoms with Crippen molar-refractivity contribution in [2.45, 2.75) is 56.7 Å². The molecule has 1 unspecified atom stereocenters. The van der Waals surface area contributed by atoms with E-state index in [2.05, 4.69) is 23.8 Å². The lowest BCUT2D eigenvalue weighted by Gasteiger charge is -2.36. The molecule has 3 fully saturated rings. The van der Waals surface area contributed by atoms with Gasteiger partial charge >= 0.3 is 0 Å². The Balaban J connectivity index is 1.55. The van der Waals surface area contributed by atoms with Crippen LogP contribution < -0.4 is 4.74 Å². The molecule has 126 valence electrons. The Bertz CT molecular complexity index is 703. The van der Waals surface area contributed by atoms with Crippen molar-refractivity contribution in [1.29, 1.82) is 0 Å². The Hall–Kier alpha value is -2.06. The van der Waals surface area contributed by atoms with Crippen LogP contribution in [0.15, 0.2) is 18.2 Å². The van der Waals surface area contributed by atoms with Crippen LogP contribution in [0.25, 0.3) is 0 Å². The van der Waals surface area contributed by atoms with E-state index in [4.69, 9.17) is 4.74 Å². The molecule has 24 heavy (non-hydrogen) atoms. The molecule has 0 amide bonds. The standard InChI is InChI=1S/C19H22N2O3/c1-20-15-6-7-16(20)12-18(11-15)24-19-9-8-17(21(22)23)10-14(19)5-4-13-2-3-13/h8-10,13,15-16,18H,2-3,6-7,11-12H2,1H3/t15-,16+,18?. The summed E-state index contributed by atoms with van der Waals surface area (Å²) in [7, 11) is 2.21. The van der Waals surface area contributed by atoms with E-state index < -0.39 is 0 Å². The molecule has 3 atom stereocenters. The van der Waals surface area contributed by atoms with Gasteiger partial charge in [0.2, 0.25) is 0 Å². The number of rotatable bonds is 3. The molecule has 1 aliphatic carbocycles. The van der Waals surface area contributed by atoms with Crippen LogP contribution in [-0.4, -0.2) is 35.1 Å². The first-order valence-electron chi connectivity index (χ1n) is 8.78. The fourth-order valence-electron chi connectivity index (χ4n) is 3.88. The number of nitrogens with zero attached hydrogens (tertiary/aromatic N) is 2. The summed E-state index contributed by atoms with van der Waals surface area (Å²) in [6.07, 6.45) is 7.00. The van der Waals surface area contributed by atoms with Gasteiger partial charge in [-0.15, -0.1) is 0 Å². The third-order valence-electron chi connectivity index (χ3n) is 5.51. The van der Waals surface area contributed by atoms with Crippen molar-refractivity contribution in [3.63, 3.8) is 0 Å². The zero-order chi connectivity index (χ0) is 16.7. The number of fused-ring (bicyclic) bond motifs is 2. The summed E-state index contributed by atoms with van der Waals surface area (Å²) in [4.78, 5) is 13.1. The largest absolute Gasteiger partial charge is 0.489 e. The predicted octanol–water partition coefficient (Wildman–Crippen LogP) is 3.36. The van der Waals surface area contributed by atoms with Gasteiger partial charge in [-0.1, -0.05) is 11.8 Å². The van der Waals surface area contributed by atoms with E-state index in [1.54, 1.807) is 12.1 Å². The van der Waals surface area contributed by atoms with E-state index >= 15 is 0 Å². The smallest absolute Gasteiger partial charge is 0.270 e. The van der Waals surface area contributed by atoms with Crippen molar-refractivity contribution >= 4 is 5.69 Å². The number of hydrogen-bond donors (Lipinski definition) is 0. The Morgan fingerprint density at radius 2 is 1.92 bits per heavy atom. The van der Waals surface area contributed by atoms with E-state index in [0.29, 0.717) is 29.3 Å². The van der Waals surface area contributed by atoms with E-state index in [1.807, 2.05) is 0 Å². The number of hydrogen-bond acceptors (Lipinski definition) is 4. The number of nitro benzene ring substituents is 1. The number of nitro groups is 1. The Labute approximate surface area is 142 Å². The van der Waals surface area contributed by atoms with Crippen LogP contribution >= 0.6 is 0 Å². The van der Waals surface area contributed by atoms with E-state index in [1.165, 1.54) is 18.9 Å². The van der Waals surface area contributed by atoms with Gasteiger partial charge in [0.05, 0.1) is 10.5 Å². The maximum Gasteiger partial charge on any atom is 0.270 e. The van der Waals surface area contributed by atoms with Crippen LogP contribution in [0.3, 0.4) is 0 Å².